The second-order valence-electron chi connectivity index (χ2n) is 3.24. The molecule has 16 heavy (non-hydrogen) atoms. The number of ether oxygens (including phenoxy) is 2. The third kappa shape index (κ3) is 3.06. The predicted octanol–water partition coefficient (Wildman–Crippen LogP) is 1.63. The summed E-state index contributed by atoms with van der Waals surface area (Å²) in [5.74, 6) is 0.340. The number of carbonyl (C=O) groups is 1. The number of carboxylic acid groups (broad SMARTS) is 1. The molecule has 0 spiro atoms. The number of rotatable bonds is 5. The Balaban J connectivity index is 2.91. The normalized spacial score (nSPS) is 11.9. The van der Waals surface area contributed by atoms with Crippen molar-refractivity contribution in [1.82, 2.24) is 0 Å². The second-order valence-corrected chi connectivity index (χ2v) is 3.86. The van der Waals surface area contributed by atoms with Crippen LogP contribution in [0.5, 0.6) is 11.5 Å². The highest BCUT2D eigenvalue weighted by atomic mass is 32.1. The van der Waals surface area contributed by atoms with E-state index in [1.807, 2.05) is 0 Å². The van der Waals surface area contributed by atoms with E-state index < -0.39 is 11.2 Å². The van der Waals surface area contributed by atoms with E-state index in [2.05, 4.69) is 12.6 Å². The van der Waals surface area contributed by atoms with Crippen molar-refractivity contribution in [3.8, 4) is 11.5 Å². The number of carboxylic acids is 1. The maximum absolute atomic E-state index is 10.7. The summed E-state index contributed by atoms with van der Waals surface area (Å²) in [7, 11) is 3.10. The summed E-state index contributed by atoms with van der Waals surface area (Å²) in [6.45, 7) is 0. The van der Waals surface area contributed by atoms with Crippen molar-refractivity contribution in [3.05, 3.63) is 23.8 Å². The van der Waals surface area contributed by atoms with Gasteiger partial charge in [0.2, 0.25) is 0 Å². The number of hydrogen-bond acceptors (Lipinski definition) is 4. The van der Waals surface area contributed by atoms with Crippen LogP contribution in [0.2, 0.25) is 0 Å². The SMILES string of the molecule is COc1ccc(CC(S)C(=O)O)c(OC)c1. The van der Waals surface area contributed by atoms with Crippen LogP contribution in [0.4, 0.5) is 0 Å². The molecule has 88 valence electrons. The first-order valence-corrected chi connectivity index (χ1v) is 5.22. The second kappa shape index (κ2) is 5.65. The molecule has 0 radical (unpaired) electrons. The standard InChI is InChI=1S/C11H14O4S/c1-14-8-4-3-7(9(6-8)15-2)5-10(16)11(12)13/h3-4,6,10,16H,5H2,1-2H3,(H,12,13). The molecule has 0 fully saturated rings. The molecule has 0 saturated carbocycles. The summed E-state index contributed by atoms with van der Waals surface area (Å²) in [5.41, 5.74) is 0.797. The van der Waals surface area contributed by atoms with Crippen molar-refractivity contribution in [3.63, 3.8) is 0 Å². The minimum atomic E-state index is -0.943. The Labute approximate surface area is 99.6 Å². The van der Waals surface area contributed by atoms with Crippen molar-refractivity contribution in [1.29, 1.82) is 0 Å². The van der Waals surface area contributed by atoms with Crippen molar-refractivity contribution in [2.24, 2.45) is 0 Å². The molecule has 1 N–H and O–H groups in total. The molecule has 0 aliphatic rings. The lowest BCUT2D eigenvalue weighted by Crippen LogP contribution is -2.16. The summed E-state index contributed by atoms with van der Waals surface area (Å²) in [6.07, 6.45) is 0.311. The number of hydrogen-bond donors (Lipinski definition) is 2. The van der Waals surface area contributed by atoms with Crippen molar-refractivity contribution in [2.75, 3.05) is 14.2 Å². The molecule has 4 nitrogen and oxygen atoms in total. The van der Waals surface area contributed by atoms with Crippen LogP contribution in [0, 0.1) is 0 Å². The number of benzene rings is 1. The molecule has 1 unspecified atom stereocenters. The minimum absolute atomic E-state index is 0.311. The molecule has 1 rings (SSSR count). The largest absolute Gasteiger partial charge is 0.497 e. The molecule has 0 saturated heterocycles. The predicted molar refractivity (Wildman–Crippen MR) is 63.7 cm³/mol. The molecule has 1 aromatic rings. The average Bonchev–Trinajstić information content (AvgIpc) is 2.29. The molecule has 0 amide bonds. The average molecular weight is 242 g/mol. The molecule has 0 aliphatic carbocycles. The zero-order valence-corrected chi connectivity index (χ0v) is 10.0. The monoisotopic (exact) mass is 242 g/mol. The number of aliphatic carboxylic acids is 1. The van der Waals surface area contributed by atoms with Gasteiger partial charge in [0.1, 0.15) is 16.7 Å². The fraction of sp³-hybridized carbons (Fsp3) is 0.364. The van der Waals surface area contributed by atoms with Gasteiger partial charge in [0.05, 0.1) is 14.2 Å². The Kier molecular flexibility index (Phi) is 4.49. The van der Waals surface area contributed by atoms with Gasteiger partial charge in [0.15, 0.2) is 0 Å². The van der Waals surface area contributed by atoms with Gasteiger partial charge in [-0.15, -0.1) is 0 Å². The maximum Gasteiger partial charge on any atom is 0.316 e. The van der Waals surface area contributed by atoms with Gasteiger partial charge in [-0.1, -0.05) is 6.07 Å². The van der Waals surface area contributed by atoms with E-state index in [1.165, 1.54) is 7.11 Å². The fourth-order valence-electron chi connectivity index (χ4n) is 1.32. The molecular formula is C11H14O4S. The van der Waals surface area contributed by atoms with E-state index in [4.69, 9.17) is 14.6 Å². The summed E-state index contributed by atoms with van der Waals surface area (Å²) < 4.78 is 10.2. The zero-order valence-electron chi connectivity index (χ0n) is 9.14. The van der Waals surface area contributed by atoms with Gasteiger partial charge < -0.3 is 14.6 Å². The van der Waals surface area contributed by atoms with Crippen LogP contribution in [0.3, 0.4) is 0 Å². The van der Waals surface area contributed by atoms with Crippen molar-refractivity contribution >= 4 is 18.6 Å². The van der Waals surface area contributed by atoms with Crippen LogP contribution in [0.1, 0.15) is 5.56 Å². The Bertz CT molecular complexity index is 378. The summed E-state index contributed by atoms with van der Waals surface area (Å²) in [6, 6.07) is 5.27. The van der Waals surface area contributed by atoms with Gasteiger partial charge >= 0.3 is 5.97 Å². The molecule has 5 heteroatoms. The highest BCUT2D eigenvalue weighted by Gasteiger charge is 2.15. The molecule has 0 heterocycles. The highest BCUT2D eigenvalue weighted by Crippen LogP contribution is 2.26. The van der Waals surface area contributed by atoms with Gasteiger partial charge in [0.25, 0.3) is 0 Å². The van der Waals surface area contributed by atoms with E-state index in [0.29, 0.717) is 17.9 Å². The first-order chi connectivity index (χ1) is 7.58. The van der Waals surface area contributed by atoms with Gasteiger partial charge in [-0.05, 0) is 18.1 Å². The van der Waals surface area contributed by atoms with E-state index >= 15 is 0 Å². The number of thiol groups is 1. The maximum atomic E-state index is 10.7. The number of methoxy groups -OCH3 is 2. The highest BCUT2D eigenvalue weighted by molar-refractivity contribution is 7.81. The van der Waals surface area contributed by atoms with Crippen LogP contribution < -0.4 is 9.47 Å². The lowest BCUT2D eigenvalue weighted by Gasteiger charge is -2.11. The Morgan fingerprint density at radius 3 is 2.62 bits per heavy atom. The van der Waals surface area contributed by atoms with E-state index in [-0.39, 0.29) is 0 Å². The molecule has 0 aliphatic heterocycles. The van der Waals surface area contributed by atoms with Crippen LogP contribution in [0.15, 0.2) is 18.2 Å². The van der Waals surface area contributed by atoms with E-state index in [9.17, 15) is 4.79 Å². The van der Waals surface area contributed by atoms with Gasteiger partial charge in [-0.3, -0.25) is 4.79 Å². The van der Waals surface area contributed by atoms with Gasteiger partial charge in [0, 0.05) is 6.07 Å². The van der Waals surface area contributed by atoms with Crippen LogP contribution in [0.25, 0.3) is 0 Å². The lowest BCUT2D eigenvalue weighted by atomic mass is 10.1. The lowest BCUT2D eigenvalue weighted by molar-refractivity contribution is -0.136. The van der Waals surface area contributed by atoms with Crippen molar-refractivity contribution in [2.45, 2.75) is 11.7 Å². The Hall–Kier alpha value is -1.36. The van der Waals surface area contributed by atoms with Crippen LogP contribution in [-0.2, 0) is 11.2 Å². The molecule has 1 aromatic carbocycles. The Morgan fingerprint density at radius 1 is 1.44 bits per heavy atom. The van der Waals surface area contributed by atoms with Crippen LogP contribution >= 0.6 is 12.6 Å². The molecule has 0 bridgehead atoms. The molecule has 1 atom stereocenters. The Morgan fingerprint density at radius 2 is 2.12 bits per heavy atom. The third-order valence-corrected chi connectivity index (χ3v) is 2.60. The smallest absolute Gasteiger partial charge is 0.316 e. The van der Waals surface area contributed by atoms with Crippen LogP contribution in [-0.4, -0.2) is 30.5 Å². The minimum Gasteiger partial charge on any atom is -0.497 e. The quantitative estimate of drug-likeness (QED) is 0.771. The first-order valence-electron chi connectivity index (χ1n) is 4.70. The van der Waals surface area contributed by atoms with E-state index in [1.54, 1.807) is 25.3 Å². The fourth-order valence-corrected chi connectivity index (χ4v) is 1.51. The zero-order chi connectivity index (χ0) is 12.1. The summed E-state index contributed by atoms with van der Waals surface area (Å²) in [4.78, 5) is 10.7. The first kappa shape index (κ1) is 12.7. The molecular weight excluding hydrogens is 228 g/mol. The van der Waals surface area contributed by atoms with E-state index in [0.717, 1.165) is 5.56 Å². The third-order valence-electron chi connectivity index (χ3n) is 2.19. The van der Waals surface area contributed by atoms with Gasteiger partial charge in [-0.25, -0.2) is 0 Å². The summed E-state index contributed by atoms with van der Waals surface area (Å²) in [5, 5.41) is 8.03. The van der Waals surface area contributed by atoms with Gasteiger partial charge in [-0.2, -0.15) is 12.6 Å². The summed E-state index contributed by atoms with van der Waals surface area (Å²) >= 11 is 3.98. The molecule has 0 aromatic heterocycles. The van der Waals surface area contributed by atoms with Crippen molar-refractivity contribution < 1.29 is 19.4 Å². The topological polar surface area (TPSA) is 55.8 Å².